The maximum absolute atomic E-state index is 12.7. The number of carbonyl (C=O) groups excluding carboxylic acids is 1. The summed E-state index contributed by atoms with van der Waals surface area (Å²) in [5, 5.41) is 17.0. The Morgan fingerprint density at radius 1 is 1.22 bits per heavy atom. The minimum atomic E-state index is -0.752. The number of halogens is 1. The summed E-state index contributed by atoms with van der Waals surface area (Å²) in [6, 6.07) is 11.2. The van der Waals surface area contributed by atoms with E-state index in [2.05, 4.69) is 22.3 Å². The molecule has 0 bridgehead atoms. The molecule has 0 radical (unpaired) electrons. The van der Waals surface area contributed by atoms with E-state index in [1.165, 1.54) is 22.7 Å². The number of hydrogen-bond donors (Lipinski definition) is 2. The summed E-state index contributed by atoms with van der Waals surface area (Å²) in [5.74, 6) is 5.86. The van der Waals surface area contributed by atoms with Crippen LogP contribution in [0.15, 0.2) is 40.9 Å². The van der Waals surface area contributed by atoms with Crippen LogP contribution < -0.4 is 5.32 Å². The molecule has 3 aromatic heterocycles. The molecule has 0 spiro atoms. The standard InChI is InChI=1S/C27H21ClN2O5S2/c1-14(17-4-2-3-5-18(17)28)34-26(33)29-24-19(35-30-23(24)15-6-7-15)9-8-16-12-20-21(36-16)13-22(37-20)27(10-11-27)25(31)32/h2-5,12-15H,6-7,10-11H2,1H3,(H,29,33)(H,31,32). The van der Waals surface area contributed by atoms with Gasteiger partial charge in [0.1, 0.15) is 22.9 Å². The molecule has 188 valence electrons. The highest BCUT2D eigenvalue weighted by atomic mass is 35.5. The largest absolute Gasteiger partial charge is 0.481 e. The molecule has 3 heterocycles. The molecule has 2 saturated carbocycles. The van der Waals surface area contributed by atoms with E-state index in [9.17, 15) is 14.7 Å². The fourth-order valence-corrected chi connectivity index (χ4v) is 7.02. The second kappa shape index (κ2) is 9.21. The van der Waals surface area contributed by atoms with Crippen LogP contribution in [-0.4, -0.2) is 22.3 Å². The average Bonchev–Trinajstić information content (AvgIpc) is 3.75. The molecule has 6 rings (SSSR count). The number of nitrogens with zero attached hydrogens (tertiary/aromatic N) is 1. The van der Waals surface area contributed by atoms with Gasteiger partial charge in [0.2, 0.25) is 5.76 Å². The van der Waals surface area contributed by atoms with Crippen molar-refractivity contribution in [1.82, 2.24) is 5.16 Å². The molecule has 2 aliphatic rings. The number of aromatic nitrogens is 1. The van der Waals surface area contributed by atoms with Crippen molar-refractivity contribution in [2.24, 2.45) is 0 Å². The van der Waals surface area contributed by atoms with E-state index < -0.39 is 23.6 Å². The van der Waals surface area contributed by atoms with E-state index in [1.807, 2.05) is 30.3 Å². The fraction of sp³-hybridized carbons (Fsp3) is 0.296. The van der Waals surface area contributed by atoms with Crippen LogP contribution in [0.3, 0.4) is 0 Å². The van der Waals surface area contributed by atoms with Crippen molar-refractivity contribution in [2.75, 3.05) is 5.32 Å². The van der Waals surface area contributed by atoms with Crippen molar-refractivity contribution in [3.63, 3.8) is 0 Å². The molecular weight excluding hydrogens is 532 g/mol. The number of carboxylic acids is 1. The number of amides is 1. The van der Waals surface area contributed by atoms with Gasteiger partial charge < -0.3 is 14.4 Å². The zero-order chi connectivity index (χ0) is 25.7. The summed E-state index contributed by atoms with van der Waals surface area (Å²) in [7, 11) is 0. The van der Waals surface area contributed by atoms with Gasteiger partial charge in [0, 0.05) is 30.8 Å². The molecular formula is C27H21ClN2O5S2. The maximum atomic E-state index is 12.7. The first-order valence-corrected chi connectivity index (χ1v) is 13.9. The number of benzene rings is 1. The second-order valence-corrected chi connectivity index (χ2v) is 11.9. The van der Waals surface area contributed by atoms with Crippen molar-refractivity contribution in [2.45, 2.75) is 50.0 Å². The molecule has 1 atom stereocenters. The first kappa shape index (κ1) is 24.0. The Balaban J connectivity index is 1.21. The minimum Gasteiger partial charge on any atom is -0.481 e. The lowest BCUT2D eigenvalue weighted by Gasteiger charge is -2.15. The molecule has 0 saturated heterocycles. The van der Waals surface area contributed by atoms with Gasteiger partial charge in [0.05, 0.1) is 4.88 Å². The molecule has 1 aromatic carbocycles. The zero-order valence-electron chi connectivity index (χ0n) is 19.7. The van der Waals surface area contributed by atoms with Gasteiger partial charge in [-0.05, 0) is 62.6 Å². The van der Waals surface area contributed by atoms with Crippen LogP contribution in [0.2, 0.25) is 5.02 Å². The highest BCUT2D eigenvalue weighted by molar-refractivity contribution is 7.28. The van der Waals surface area contributed by atoms with Crippen molar-refractivity contribution in [3.8, 4) is 11.8 Å². The Morgan fingerprint density at radius 3 is 2.65 bits per heavy atom. The number of thiophene rings is 2. The van der Waals surface area contributed by atoms with Crippen LogP contribution in [0.1, 0.15) is 71.4 Å². The van der Waals surface area contributed by atoms with Crippen molar-refractivity contribution >= 4 is 61.4 Å². The van der Waals surface area contributed by atoms with E-state index in [4.69, 9.17) is 20.9 Å². The lowest BCUT2D eigenvalue weighted by molar-refractivity contribution is -0.139. The molecule has 1 unspecified atom stereocenters. The lowest BCUT2D eigenvalue weighted by Crippen LogP contribution is -2.17. The fourth-order valence-electron chi connectivity index (χ4n) is 4.25. The predicted molar refractivity (Wildman–Crippen MR) is 143 cm³/mol. The number of hydrogen-bond acceptors (Lipinski definition) is 7. The van der Waals surface area contributed by atoms with E-state index in [0.717, 1.165) is 32.0 Å². The molecule has 37 heavy (non-hydrogen) atoms. The number of carbonyl (C=O) groups is 2. The average molecular weight is 553 g/mol. The molecule has 2 N–H and O–H groups in total. The normalized spacial score (nSPS) is 16.6. The van der Waals surface area contributed by atoms with Gasteiger partial charge in [-0.2, -0.15) is 0 Å². The lowest BCUT2D eigenvalue weighted by atomic mass is 10.1. The third-order valence-corrected chi connectivity index (χ3v) is 9.43. The summed E-state index contributed by atoms with van der Waals surface area (Å²) in [6.45, 7) is 1.76. The number of fused-ring (bicyclic) bond motifs is 1. The molecule has 2 aliphatic carbocycles. The molecule has 1 amide bonds. The van der Waals surface area contributed by atoms with Gasteiger partial charge in [-0.3, -0.25) is 10.1 Å². The number of ether oxygens (including phenoxy) is 1. The molecule has 10 heteroatoms. The summed E-state index contributed by atoms with van der Waals surface area (Å²) in [5.41, 5.74) is 1.12. The number of nitrogens with one attached hydrogen (secondary N) is 1. The molecule has 7 nitrogen and oxygen atoms in total. The van der Waals surface area contributed by atoms with Crippen LogP contribution in [-0.2, 0) is 14.9 Å². The van der Waals surface area contributed by atoms with Crippen LogP contribution in [0.25, 0.3) is 9.40 Å². The third-order valence-electron chi connectivity index (χ3n) is 6.67. The Bertz CT molecular complexity index is 1570. The monoisotopic (exact) mass is 552 g/mol. The minimum absolute atomic E-state index is 0.227. The van der Waals surface area contributed by atoms with Crippen LogP contribution >= 0.6 is 34.3 Å². The maximum Gasteiger partial charge on any atom is 0.412 e. The van der Waals surface area contributed by atoms with Gasteiger partial charge >= 0.3 is 12.1 Å². The molecule has 4 aromatic rings. The Morgan fingerprint density at radius 2 is 1.97 bits per heavy atom. The van der Waals surface area contributed by atoms with Gasteiger partial charge in [0.25, 0.3) is 0 Å². The Kier molecular flexibility index (Phi) is 5.98. The number of anilines is 1. The third kappa shape index (κ3) is 4.61. The van der Waals surface area contributed by atoms with E-state index in [0.29, 0.717) is 34.8 Å². The quantitative estimate of drug-likeness (QED) is 0.243. The summed E-state index contributed by atoms with van der Waals surface area (Å²) in [6.07, 6.45) is 2.13. The van der Waals surface area contributed by atoms with Crippen molar-refractivity contribution < 1.29 is 24.0 Å². The van der Waals surface area contributed by atoms with Crippen molar-refractivity contribution in [3.05, 3.63) is 68.2 Å². The Labute approximate surface area is 225 Å². The van der Waals surface area contributed by atoms with E-state index in [-0.39, 0.29) is 11.7 Å². The van der Waals surface area contributed by atoms with Crippen LogP contribution in [0, 0.1) is 11.8 Å². The van der Waals surface area contributed by atoms with Crippen LogP contribution in [0.4, 0.5) is 10.5 Å². The predicted octanol–water partition coefficient (Wildman–Crippen LogP) is 7.31. The number of rotatable bonds is 6. The highest BCUT2D eigenvalue weighted by Crippen LogP contribution is 2.52. The van der Waals surface area contributed by atoms with Gasteiger partial charge in [-0.15, -0.1) is 22.7 Å². The zero-order valence-corrected chi connectivity index (χ0v) is 22.1. The molecule has 2 fully saturated rings. The summed E-state index contributed by atoms with van der Waals surface area (Å²) >= 11 is 9.25. The van der Waals surface area contributed by atoms with Gasteiger partial charge in [0.15, 0.2) is 0 Å². The van der Waals surface area contributed by atoms with Crippen LogP contribution in [0.5, 0.6) is 0 Å². The first-order valence-electron chi connectivity index (χ1n) is 11.8. The topological polar surface area (TPSA) is 102 Å². The number of carboxylic acid groups (broad SMARTS) is 1. The highest BCUT2D eigenvalue weighted by Gasteiger charge is 2.53. The van der Waals surface area contributed by atoms with E-state index >= 15 is 0 Å². The SMILES string of the molecule is CC(OC(=O)Nc1c(C2CC2)noc1C#Cc1cc2sc(C3(C(=O)O)CC3)cc2s1)c1ccccc1Cl. The Hall–Kier alpha value is -3.32. The number of aliphatic carboxylic acids is 1. The second-order valence-electron chi connectivity index (χ2n) is 9.33. The summed E-state index contributed by atoms with van der Waals surface area (Å²) in [4.78, 5) is 26.1. The van der Waals surface area contributed by atoms with Crippen molar-refractivity contribution in [1.29, 1.82) is 0 Å². The first-order chi connectivity index (χ1) is 17.8. The van der Waals surface area contributed by atoms with Gasteiger partial charge in [-0.1, -0.05) is 35.0 Å². The smallest absolute Gasteiger partial charge is 0.412 e. The summed E-state index contributed by atoms with van der Waals surface area (Å²) < 4.78 is 13.1. The molecule has 0 aliphatic heterocycles. The van der Waals surface area contributed by atoms with E-state index in [1.54, 1.807) is 13.0 Å². The van der Waals surface area contributed by atoms with Gasteiger partial charge in [-0.25, -0.2) is 4.79 Å².